The Kier molecular flexibility index (Phi) is 4.59. The molecule has 0 aliphatic rings. The molecule has 98 valence electrons. The first kappa shape index (κ1) is 14.2. The van der Waals surface area contributed by atoms with Crippen molar-refractivity contribution >= 4 is 38.6 Å². The molecule has 1 N–H and O–H groups in total. The number of nitrogens with one attached hydrogen (secondary N) is 1. The molecule has 0 amide bonds. The monoisotopic (exact) mass is 344 g/mol. The maximum atomic E-state index is 4.74. The summed E-state index contributed by atoms with van der Waals surface area (Å²) < 4.78 is 1.18. The Hall–Kier alpha value is -0.230. The minimum atomic E-state index is 0.206. The first-order valence-corrected chi connectivity index (χ1v) is 8.40. The van der Waals surface area contributed by atoms with Gasteiger partial charge in [-0.05, 0) is 41.9 Å². The minimum absolute atomic E-state index is 0.206. The van der Waals surface area contributed by atoms with E-state index in [1.807, 2.05) is 18.4 Å². The second-order valence-corrected chi connectivity index (χ2v) is 7.57. The van der Waals surface area contributed by atoms with E-state index < -0.39 is 0 Å². The molecule has 0 saturated heterocycles. The Labute approximate surface area is 125 Å². The van der Waals surface area contributed by atoms with Crippen LogP contribution < -0.4 is 5.32 Å². The first-order chi connectivity index (χ1) is 8.52. The van der Waals surface area contributed by atoms with E-state index in [4.69, 9.17) is 4.98 Å². The van der Waals surface area contributed by atoms with Gasteiger partial charge in [-0.1, -0.05) is 13.8 Å². The van der Waals surface area contributed by atoms with Crippen molar-refractivity contribution in [2.75, 3.05) is 7.05 Å². The Morgan fingerprint density at radius 2 is 2.11 bits per heavy atom. The van der Waals surface area contributed by atoms with Crippen LogP contribution in [0.1, 0.15) is 46.3 Å². The van der Waals surface area contributed by atoms with Gasteiger partial charge in [-0.25, -0.2) is 4.98 Å². The summed E-state index contributed by atoms with van der Waals surface area (Å²) in [6, 6.07) is 2.40. The highest BCUT2D eigenvalue weighted by atomic mass is 79.9. The maximum Gasteiger partial charge on any atom is 0.115 e. The predicted molar refractivity (Wildman–Crippen MR) is 83.9 cm³/mol. The Morgan fingerprint density at radius 3 is 2.56 bits per heavy atom. The molecule has 5 heteroatoms. The quantitative estimate of drug-likeness (QED) is 0.868. The first-order valence-electron chi connectivity index (χ1n) is 5.91. The van der Waals surface area contributed by atoms with Gasteiger partial charge in [0.1, 0.15) is 5.01 Å². The average Bonchev–Trinajstić information content (AvgIpc) is 2.89. The highest BCUT2D eigenvalue weighted by Gasteiger charge is 2.19. The van der Waals surface area contributed by atoms with E-state index in [0.29, 0.717) is 5.92 Å². The second kappa shape index (κ2) is 5.82. The molecule has 0 radical (unpaired) electrons. The summed E-state index contributed by atoms with van der Waals surface area (Å²) in [7, 11) is 1.99. The molecule has 0 fully saturated rings. The van der Waals surface area contributed by atoms with Crippen molar-refractivity contribution in [2.45, 2.75) is 32.7 Å². The highest BCUT2D eigenvalue weighted by Crippen LogP contribution is 2.35. The summed E-state index contributed by atoms with van der Waals surface area (Å²) >= 11 is 7.14. The minimum Gasteiger partial charge on any atom is -0.307 e. The van der Waals surface area contributed by atoms with E-state index in [1.165, 1.54) is 19.9 Å². The van der Waals surface area contributed by atoms with Gasteiger partial charge in [0.05, 0.1) is 11.7 Å². The summed E-state index contributed by atoms with van der Waals surface area (Å²) in [4.78, 5) is 7.37. The number of nitrogens with zero attached hydrogens (tertiary/aromatic N) is 1. The molecular weight excluding hydrogens is 328 g/mol. The van der Waals surface area contributed by atoms with Crippen molar-refractivity contribution < 1.29 is 0 Å². The van der Waals surface area contributed by atoms with Crippen LogP contribution in [0, 0.1) is 6.92 Å². The largest absolute Gasteiger partial charge is 0.307 e. The van der Waals surface area contributed by atoms with Crippen molar-refractivity contribution in [3.63, 3.8) is 0 Å². The number of aryl methyl sites for hydroxylation is 1. The topological polar surface area (TPSA) is 24.9 Å². The maximum absolute atomic E-state index is 4.74. The molecule has 2 rings (SSSR count). The van der Waals surface area contributed by atoms with E-state index in [2.05, 4.69) is 53.5 Å². The van der Waals surface area contributed by atoms with Gasteiger partial charge in [0.15, 0.2) is 0 Å². The van der Waals surface area contributed by atoms with E-state index in [9.17, 15) is 0 Å². The predicted octanol–water partition coefficient (Wildman–Crippen LogP) is 4.71. The molecule has 1 unspecified atom stereocenters. The van der Waals surface area contributed by atoms with Crippen molar-refractivity contribution in [3.05, 3.63) is 36.4 Å². The third kappa shape index (κ3) is 2.85. The summed E-state index contributed by atoms with van der Waals surface area (Å²) in [5.41, 5.74) is 1.18. The molecule has 0 bridgehead atoms. The van der Waals surface area contributed by atoms with E-state index in [-0.39, 0.29) is 6.04 Å². The molecule has 0 aliphatic carbocycles. The fraction of sp³-hybridized carbons (Fsp3) is 0.462. The normalized spacial score (nSPS) is 13.2. The number of rotatable bonds is 4. The van der Waals surface area contributed by atoms with Crippen molar-refractivity contribution in [2.24, 2.45) is 0 Å². The Morgan fingerprint density at radius 1 is 1.39 bits per heavy atom. The van der Waals surface area contributed by atoms with Crippen LogP contribution >= 0.6 is 38.6 Å². The molecule has 2 aromatic rings. The van der Waals surface area contributed by atoms with E-state index >= 15 is 0 Å². The lowest BCUT2D eigenvalue weighted by Gasteiger charge is -2.11. The lowest BCUT2D eigenvalue weighted by atomic mass is 10.1. The summed E-state index contributed by atoms with van der Waals surface area (Å²) in [6.45, 7) is 6.49. The van der Waals surface area contributed by atoms with Crippen LogP contribution in [0.3, 0.4) is 0 Å². The SMILES string of the molecule is CNC(c1cc(Br)c(C)s1)c1nc(C(C)C)cs1. The zero-order chi connectivity index (χ0) is 13.3. The van der Waals surface area contributed by atoms with Crippen LogP contribution in [-0.2, 0) is 0 Å². The molecule has 0 aromatic carbocycles. The fourth-order valence-corrected chi connectivity index (χ4v) is 4.56. The summed E-state index contributed by atoms with van der Waals surface area (Å²) in [6.07, 6.45) is 0. The van der Waals surface area contributed by atoms with Gasteiger partial charge in [-0.2, -0.15) is 0 Å². The molecule has 0 spiro atoms. The van der Waals surface area contributed by atoms with Crippen LogP contribution in [0.2, 0.25) is 0 Å². The number of hydrogen-bond acceptors (Lipinski definition) is 4. The van der Waals surface area contributed by atoms with Crippen LogP contribution in [0.25, 0.3) is 0 Å². The van der Waals surface area contributed by atoms with Gasteiger partial charge in [-0.3, -0.25) is 0 Å². The van der Waals surface area contributed by atoms with Gasteiger partial charge in [0.2, 0.25) is 0 Å². The standard InChI is InChI=1S/C13H17BrN2S2/c1-7(2)10-6-17-13(16-10)12(15-4)11-5-9(14)8(3)18-11/h5-7,12,15H,1-4H3. The van der Waals surface area contributed by atoms with E-state index in [0.717, 1.165) is 5.01 Å². The van der Waals surface area contributed by atoms with Gasteiger partial charge in [0, 0.05) is 19.6 Å². The summed E-state index contributed by atoms with van der Waals surface area (Å²) in [5.74, 6) is 0.490. The lowest BCUT2D eigenvalue weighted by Crippen LogP contribution is -2.16. The second-order valence-electron chi connectivity index (χ2n) is 4.54. The zero-order valence-electron chi connectivity index (χ0n) is 11.0. The zero-order valence-corrected chi connectivity index (χ0v) is 14.2. The molecule has 1 atom stereocenters. The number of halogens is 1. The van der Waals surface area contributed by atoms with Crippen molar-refractivity contribution in [1.29, 1.82) is 0 Å². The van der Waals surface area contributed by atoms with Crippen LogP contribution in [-0.4, -0.2) is 12.0 Å². The fourth-order valence-electron chi connectivity index (χ4n) is 1.71. The summed E-state index contributed by atoms with van der Waals surface area (Å²) in [5, 5.41) is 6.68. The van der Waals surface area contributed by atoms with E-state index in [1.54, 1.807) is 11.3 Å². The number of thiophene rings is 1. The molecule has 0 saturated carbocycles. The smallest absolute Gasteiger partial charge is 0.115 e. The molecule has 18 heavy (non-hydrogen) atoms. The number of thiazole rings is 1. The van der Waals surface area contributed by atoms with Crippen LogP contribution in [0.5, 0.6) is 0 Å². The molecule has 2 nitrogen and oxygen atoms in total. The average molecular weight is 345 g/mol. The van der Waals surface area contributed by atoms with Crippen LogP contribution in [0.15, 0.2) is 15.9 Å². The van der Waals surface area contributed by atoms with Gasteiger partial charge in [-0.15, -0.1) is 22.7 Å². The highest BCUT2D eigenvalue weighted by molar-refractivity contribution is 9.10. The number of aromatic nitrogens is 1. The lowest BCUT2D eigenvalue weighted by molar-refractivity contribution is 0.689. The Balaban J connectivity index is 2.32. The number of hydrogen-bond donors (Lipinski definition) is 1. The molecule has 0 aliphatic heterocycles. The molecule has 2 aromatic heterocycles. The third-order valence-corrected chi connectivity index (χ3v) is 5.96. The third-order valence-electron chi connectivity index (χ3n) is 2.83. The van der Waals surface area contributed by atoms with Gasteiger partial charge < -0.3 is 5.32 Å². The molecule has 2 heterocycles. The van der Waals surface area contributed by atoms with Gasteiger partial charge in [0.25, 0.3) is 0 Å². The van der Waals surface area contributed by atoms with Crippen molar-refractivity contribution in [1.82, 2.24) is 10.3 Å². The van der Waals surface area contributed by atoms with Gasteiger partial charge >= 0.3 is 0 Å². The molecular formula is C13H17BrN2S2. The van der Waals surface area contributed by atoms with Crippen LogP contribution in [0.4, 0.5) is 0 Å². The Bertz CT molecular complexity index is 511. The van der Waals surface area contributed by atoms with Crippen molar-refractivity contribution in [3.8, 4) is 0 Å².